The van der Waals surface area contributed by atoms with E-state index in [1.165, 1.54) is 0 Å². The minimum absolute atomic E-state index is 0.0845. The molecular weight excluding hydrogens is 274 g/mol. The van der Waals surface area contributed by atoms with E-state index in [2.05, 4.69) is 4.90 Å². The number of carbonyl (C=O) groups excluding carboxylic acids is 1. The second kappa shape index (κ2) is 7.21. The van der Waals surface area contributed by atoms with E-state index < -0.39 is 0 Å². The lowest BCUT2D eigenvalue weighted by molar-refractivity contribution is 0.00677. The van der Waals surface area contributed by atoms with Crippen LogP contribution < -0.4 is 0 Å². The molecule has 1 aromatic rings. The van der Waals surface area contributed by atoms with Crippen molar-refractivity contribution in [3.05, 3.63) is 34.9 Å². The SMILES string of the molecule is CCOC1CCN(C(C)C(=O)c2ccc(Cl)cc2)CC1. The van der Waals surface area contributed by atoms with Gasteiger partial charge in [0, 0.05) is 30.3 Å². The van der Waals surface area contributed by atoms with E-state index in [1.807, 2.05) is 13.8 Å². The molecule has 1 aliphatic heterocycles. The molecule has 20 heavy (non-hydrogen) atoms. The van der Waals surface area contributed by atoms with E-state index >= 15 is 0 Å². The third-order valence-electron chi connectivity index (χ3n) is 3.93. The molecule has 0 bridgehead atoms. The van der Waals surface area contributed by atoms with Crippen molar-refractivity contribution in [3.8, 4) is 0 Å². The summed E-state index contributed by atoms with van der Waals surface area (Å²) < 4.78 is 5.64. The molecule has 110 valence electrons. The fourth-order valence-electron chi connectivity index (χ4n) is 2.69. The monoisotopic (exact) mass is 295 g/mol. The van der Waals surface area contributed by atoms with Crippen molar-refractivity contribution in [3.63, 3.8) is 0 Å². The molecule has 1 aromatic carbocycles. The maximum absolute atomic E-state index is 12.4. The number of hydrogen-bond acceptors (Lipinski definition) is 3. The van der Waals surface area contributed by atoms with E-state index in [9.17, 15) is 4.79 Å². The summed E-state index contributed by atoms with van der Waals surface area (Å²) in [6.07, 6.45) is 2.37. The maximum atomic E-state index is 12.4. The molecule has 1 unspecified atom stereocenters. The van der Waals surface area contributed by atoms with Crippen LogP contribution in [0.2, 0.25) is 5.02 Å². The Bertz CT molecular complexity index is 438. The molecule has 0 N–H and O–H groups in total. The first-order valence-corrected chi connectivity index (χ1v) is 7.65. The third-order valence-corrected chi connectivity index (χ3v) is 4.19. The van der Waals surface area contributed by atoms with Crippen LogP contribution in [0.1, 0.15) is 37.0 Å². The van der Waals surface area contributed by atoms with Crippen molar-refractivity contribution in [1.82, 2.24) is 4.90 Å². The molecular formula is C16H22ClNO2. The van der Waals surface area contributed by atoms with Crippen molar-refractivity contribution in [2.24, 2.45) is 0 Å². The maximum Gasteiger partial charge on any atom is 0.179 e. The molecule has 0 aromatic heterocycles. The first kappa shape index (κ1) is 15.5. The topological polar surface area (TPSA) is 29.5 Å². The Morgan fingerprint density at radius 3 is 2.50 bits per heavy atom. The van der Waals surface area contributed by atoms with Gasteiger partial charge in [0.15, 0.2) is 5.78 Å². The van der Waals surface area contributed by atoms with E-state index in [0.717, 1.165) is 38.1 Å². The van der Waals surface area contributed by atoms with Gasteiger partial charge in [0.05, 0.1) is 12.1 Å². The molecule has 0 radical (unpaired) electrons. The molecule has 0 aliphatic carbocycles. The van der Waals surface area contributed by atoms with Crippen LogP contribution in [0.4, 0.5) is 0 Å². The van der Waals surface area contributed by atoms with Crippen LogP contribution in [0, 0.1) is 0 Å². The van der Waals surface area contributed by atoms with Gasteiger partial charge in [0.25, 0.3) is 0 Å². The highest BCUT2D eigenvalue weighted by Crippen LogP contribution is 2.19. The molecule has 3 nitrogen and oxygen atoms in total. The molecule has 2 rings (SSSR count). The largest absolute Gasteiger partial charge is 0.378 e. The number of ether oxygens (including phenoxy) is 1. The summed E-state index contributed by atoms with van der Waals surface area (Å²) in [6, 6.07) is 7.05. The van der Waals surface area contributed by atoms with E-state index in [4.69, 9.17) is 16.3 Å². The molecule has 0 saturated carbocycles. The second-order valence-corrected chi connectivity index (χ2v) is 5.67. The molecule has 1 saturated heterocycles. The van der Waals surface area contributed by atoms with Gasteiger partial charge in [-0.15, -0.1) is 0 Å². The van der Waals surface area contributed by atoms with E-state index in [0.29, 0.717) is 11.1 Å². The van der Waals surface area contributed by atoms with Gasteiger partial charge in [-0.05, 0) is 51.0 Å². The summed E-state index contributed by atoms with van der Waals surface area (Å²) in [5.41, 5.74) is 0.730. The zero-order chi connectivity index (χ0) is 14.5. The number of ketones is 1. The minimum Gasteiger partial charge on any atom is -0.378 e. The number of halogens is 1. The molecule has 1 heterocycles. The fourth-order valence-corrected chi connectivity index (χ4v) is 2.81. The first-order valence-electron chi connectivity index (χ1n) is 7.27. The fraction of sp³-hybridized carbons (Fsp3) is 0.562. The van der Waals surface area contributed by atoms with Crippen molar-refractivity contribution in [1.29, 1.82) is 0 Å². The number of Topliss-reactive ketones (excluding diaryl/α,β-unsaturated/α-hetero) is 1. The zero-order valence-electron chi connectivity index (χ0n) is 12.1. The number of nitrogens with zero attached hydrogens (tertiary/aromatic N) is 1. The van der Waals surface area contributed by atoms with Crippen LogP contribution in [0.25, 0.3) is 0 Å². The lowest BCUT2D eigenvalue weighted by atomic mass is 10.0. The second-order valence-electron chi connectivity index (χ2n) is 5.24. The summed E-state index contributed by atoms with van der Waals surface area (Å²) in [7, 11) is 0. The Balaban J connectivity index is 1.93. The van der Waals surface area contributed by atoms with Crippen LogP contribution >= 0.6 is 11.6 Å². The Morgan fingerprint density at radius 2 is 1.95 bits per heavy atom. The molecule has 0 spiro atoms. The number of hydrogen-bond donors (Lipinski definition) is 0. The summed E-state index contributed by atoms with van der Waals surface area (Å²) in [5, 5.41) is 0.659. The smallest absolute Gasteiger partial charge is 0.179 e. The van der Waals surface area contributed by atoms with Crippen molar-refractivity contribution in [2.45, 2.75) is 38.8 Å². The van der Waals surface area contributed by atoms with Gasteiger partial charge in [-0.3, -0.25) is 9.69 Å². The van der Waals surface area contributed by atoms with Crippen LogP contribution in [0.5, 0.6) is 0 Å². The van der Waals surface area contributed by atoms with Gasteiger partial charge in [-0.1, -0.05) is 11.6 Å². The Kier molecular flexibility index (Phi) is 5.58. The Morgan fingerprint density at radius 1 is 1.35 bits per heavy atom. The predicted molar refractivity (Wildman–Crippen MR) is 81.5 cm³/mol. The summed E-state index contributed by atoms with van der Waals surface area (Å²) in [5.74, 6) is 0.163. The molecule has 4 heteroatoms. The number of carbonyl (C=O) groups is 1. The summed E-state index contributed by atoms with van der Waals surface area (Å²) >= 11 is 5.85. The average Bonchev–Trinajstić information content (AvgIpc) is 2.48. The summed E-state index contributed by atoms with van der Waals surface area (Å²) in [6.45, 7) is 6.62. The van der Waals surface area contributed by atoms with E-state index in [-0.39, 0.29) is 11.8 Å². The van der Waals surface area contributed by atoms with Crippen molar-refractivity contribution < 1.29 is 9.53 Å². The minimum atomic E-state index is -0.0845. The van der Waals surface area contributed by atoms with Crippen LogP contribution in [0.3, 0.4) is 0 Å². The first-order chi connectivity index (χ1) is 9.61. The highest BCUT2D eigenvalue weighted by molar-refractivity contribution is 6.30. The quantitative estimate of drug-likeness (QED) is 0.780. The van der Waals surface area contributed by atoms with Gasteiger partial charge >= 0.3 is 0 Å². The van der Waals surface area contributed by atoms with Gasteiger partial charge in [-0.25, -0.2) is 0 Å². The Labute approximate surface area is 125 Å². The molecule has 1 atom stereocenters. The Hall–Kier alpha value is -0.900. The lowest BCUT2D eigenvalue weighted by Gasteiger charge is -2.35. The lowest BCUT2D eigenvalue weighted by Crippen LogP contribution is -2.45. The molecule has 0 amide bonds. The predicted octanol–water partition coefficient (Wildman–Crippen LogP) is 3.41. The highest BCUT2D eigenvalue weighted by Gasteiger charge is 2.27. The van der Waals surface area contributed by atoms with Gasteiger partial charge in [0.2, 0.25) is 0 Å². The van der Waals surface area contributed by atoms with Crippen LogP contribution in [0.15, 0.2) is 24.3 Å². The number of benzene rings is 1. The van der Waals surface area contributed by atoms with Gasteiger partial charge in [0.1, 0.15) is 0 Å². The van der Waals surface area contributed by atoms with Crippen LogP contribution in [-0.4, -0.2) is 42.5 Å². The number of piperidine rings is 1. The van der Waals surface area contributed by atoms with Gasteiger partial charge < -0.3 is 4.74 Å². The van der Waals surface area contributed by atoms with Crippen LogP contribution in [-0.2, 0) is 4.74 Å². The number of likely N-dealkylation sites (tertiary alicyclic amines) is 1. The number of rotatable bonds is 5. The molecule has 1 fully saturated rings. The third kappa shape index (κ3) is 3.81. The standard InChI is InChI=1S/C16H22ClNO2/c1-3-20-15-8-10-18(11-9-15)12(2)16(19)13-4-6-14(17)7-5-13/h4-7,12,15H,3,8-11H2,1-2H3. The van der Waals surface area contributed by atoms with Gasteiger partial charge in [-0.2, -0.15) is 0 Å². The molecule has 1 aliphatic rings. The normalized spacial score (nSPS) is 18.9. The zero-order valence-corrected chi connectivity index (χ0v) is 12.9. The van der Waals surface area contributed by atoms with Crippen molar-refractivity contribution in [2.75, 3.05) is 19.7 Å². The van der Waals surface area contributed by atoms with Crippen molar-refractivity contribution >= 4 is 17.4 Å². The average molecular weight is 296 g/mol. The summed E-state index contributed by atoms with van der Waals surface area (Å²) in [4.78, 5) is 14.7. The highest BCUT2D eigenvalue weighted by atomic mass is 35.5. The van der Waals surface area contributed by atoms with E-state index in [1.54, 1.807) is 24.3 Å².